The van der Waals surface area contributed by atoms with E-state index in [0.717, 1.165) is 38.4 Å². The number of morpholine rings is 1. The van der Waals surface area contributed by atoms with Gasteiger partial charge < -0.3 is 10.5 Å². The third-order valence-electron chi connectivity index (χ3n) is 2.94. The molecule has 92 valence electrons. The smallest absolute Gasteiger partial charge is 0.176 e. The third kappa shape index (κ3) is 3.36. The van der Waals surface area contributed by atoms with Crippen LogP contribution in [0.15, 0.2) is 24.3 Å². The summed E-state index contributed by atoms with van der Waals surface area (Å²) in [5, 5.41) is 0. The first-order valence-electron chi connectivity index (χ1n) is 5.92. The van der Waals surface area contributed by atoms with Crippen LogP contribution in [-0.2, 0) is 11.3 Å². The van der Waals surface area contributed by atoms with Crippen LogP contribution in [0.3, 0.4) is 0 Å². The monoisotopic (exact) mass is 234 g/mol. The number of hydrogen-bond acceptors (Lipinski definition) is 4. The van der Waals surface area contributed by atoms with Gasteiger partial charge in [-0.05, 0) is 11.6 Å². The predicted molar refractivity (Wildman–Crippen MR) is 65.9 cm³/mol. The van der Waals surface area contributed by atoms with Gasteiger partial charge in [-0.2, -0.15) is 0 Å². The molecule has 2 rings (SSSR count). The number of rotatable bonds is 4. The lowest BCUT2D eigenvalue weighted by Crippen LogP contribution is -2.35. The minimum Gasteiger partial charge on any atom is -0.379 e. The van der Waals surface area contributed by atoms with Crippen LogP contribution in [0.1, 0.15) is 15.9 Å². The molecule has 0 atom stereocenters. The molecular formula is C13H18N2O2. The van der Waals surface area contributed by atoms with E-state index in [-0.39, 0.29) is 12.3 Å². The predicted octanol–water partition coefficient (Wildman–Crippen LogP) is 0.660. The van der Waals surface area contributed by atoms with E-state index >= 15 is 0 Å². The average Bonchev–Trinajstić information content (AvgIpc) is 2.39. The van der Waals surface area contributed by atoms with E-state index in [1.165, 1.54) is 0 Å². The minimum atomic E-state index is -0.00572. The lowest BCUT2D eigenvalue weighted by molar-refractivity contribution is 0.0342. The summed E-state index contributed by atoms with van der Waals surface area (Å²) >= 11 is 0. The third-order valence-corrected chi connectivity index (χ3v) is 2.94. The first-order chi connectivity index (χ1) is 8.29. The molecule has 17 heavy (non-hydrogen) atoms. The van der Waals surface area contributed by atoms with Crippen molar-refractivity contribution in [2.75, 3.05) is 32.8 Å². The Morgan fingerprint density at radius 3 is 2.82 bits per heavy atom. The molecule has 0 spiro atoms. The van der Waals surface area contributed by atoms with Crippen molar-refractivity contribution in [2.24, 2.45) is 5.73 Å². The molecule has 0 bridgehead atoms. The number of benzene rings is 1. The molecule has 1 heterocycles. The molecule has 0 amide bonds. The SMILES string of the molecule is NCC(=O)c1cccc(CN2CCOCC2)c1. The maximum absolute atomic E-state index is 11.5. The van der Waals surface area contributed by atoms with E-state index in [9.17, 15) is 4.79 Å². The Morgan fingerprint density at radius 2 is 2.12 bits per heavy atom. The van der Waals surface area contributed by atoms with E-state index in [4.69, 9.17) is 10.5 Å². The van der Waals surface area contributed by atoms with Crippen LogP contribution in [0.25, 0.3) is 0 Å². The van der Waals surface area contributed by atoms with Crippen molar-refractivity contribution in [2.45, 2.75) is 6.54 Å². The molecule has 4 heteroatoms. The normalized spacial score (nSPS) is 17.0. The van der Waals surface area contributed by atoms with Gasteiger partial charge in [-0.1, -0.05) is 18.2 Å². The van der Waals surface area contributed by atoms with Gasteiger partial charge in [-0.3, -0.25) is 9.69 Å². The van der Waals surface area contributed by atoms with Crippen LogP contribution in [0.4, 0.5) is 0 Å². The van der Waals surface area contributed by atoms with E-state index in [1.54, 1.807) is 0 Å². The van der Waals surface area contributed by atoms with Gasteiger partial charge in [0.15, 0.2) is 5.78 Å². The lowest BCUT2D eigenvalue weighted by Gasteiger charge is -2.26. The molecule has 1 fully saturated rings. The van der Waals surface area contributed by atoms with Gasteiger partial charge in [0, 0.05) is 25.2 Å². The Morgan fingerprint density at radius 1 is 1.35 bits per heavy atom. The number of carbonyl (C=O) groups is 1. The highest BCUT2D eigenvalue weighted by atomic mass is 16.5. The van der Waals surface area contributed by atoms with Crippen molar-refractivity contribution in [1.82, 2.24) is 4.90 Å². The molecule has 1 aromatic rings. The highest BCUT2D eigenvalue weighted by molar-refractivity contribution is 5.97. The van der Waals surface area contributed by atoms with Crippen molar-refractivity contribution in [3.05, 3.63) is 35.4 Å². The Balaban J connectivity index is 2.02. The van der Waals surface area contributed by atoms with Crippen molar-refractivity contribution in [1.29, 1.82) is 0 Å². The maximum Gasteiger partial charge on any atom is 0.176 e. The summed E-state index contributed by atoms with van der Waals surface area (Å²) in [7, 11) is 0. The summed E-state index contributed by atoms with van der Waals surface area (Å²) in [6.45, 7) is 4.43. The lowest BCUT2D eigenvalue weighted by atomic mass is 10.1. The second-order valence-electron chi connectivity index (χ2n) is 4.22. The zero-order chi connectivity index (χ0) is 12.1. The molecule has 0 saturated carbocycles. The molecule has 1 aliphatic rings. The maximum atomic E-state index is 11.5. The first kappa shape index (κ1) is 12.2. The molecule has 1 aliphatic heterocycles. The summed E-state index contributed by atoms with van der Waals surface area (Å²) in [5.41, 5.74) is 7.23. The second-order valence-corrected chi connectivity index (χ2v) is 4.22. The highest BCUT2D eigenvalue weighted by Crippen LogP contribution is 2.10. The molecular weight excluding hydrogens is 216 g/mol. The number of Topliss-reactive ketones (excluding diaryl/α,β-unsaturated/α-hetero) is 1. The van der Waals surface area contributed by atoms with Crippen molar-refractivity contribution < 1.29 is 9.53 Å². The Hall–Kier alpha value is -1.23. The molecule has 0 aromatic heterocycles. The van der Waals surface area contributed by atoms with Crippen LogP contribution in [-0.4, -0.2) is 43.5 Å². The molecule has 1 aromatic carbocycles. The van der Waals surface area contributed by atoms with Crippen molar-refractivity contribution in [3.63, 3.8) is 0 Å². The summed E-state index contributed by atoms with van der Waals surface area (Å²) in [6, 6.07) is 7.71. The number of nitrogens with zero attached hydrogens (tertiary/aromatic N) is 1. The quantitative estimate of drug-likeness (QED) is 0.778. The van der Waals surface area contributed by atoms with Crippen LogP contribution >= 0.6 is 0 Å². The van der Waals surface area contributed by atoms with Gasteiger partial charge in [-0.25, -0.2) is 0 Å². The number of hydrogen-bond donors (Lipinski definition) is 1. The van der Waals surface area contributed by atoms with Crippen LogP contribution in [0.5, 0.6) is 0 Å². The fourth-order valence-corrected chi connectivity index (χ4v) is 1.98. The fourth-order valence-electron chi connectivity index (χ4n) is 1.98. The molecule has 2 N–H and O–H groups in total. The zero-order valence-electron chi connectivity index (χ0n) is 9.89. The van der Waals surface area contributed by atoms with E-state index in [1.807, 2.05) is 24.3 Å². The van der Waals surface area contributed by atoms with Crippen LogP contribution in [0.2, 0.25) is 0 Å². The van der Waals surface area contributed by atoms with Crippen LogP contribution < -0.4 is 5.73 Å². The Kier molecular flexibility index (Phi) is 4.25. The summed E-state index contributed by atoms with van der Waals surface area (Å²) in [4.78, 5) is 13.8. The van der Waals surface area contributed by atoms with Gasteiger partial charge in [-0.15, -0.1) is 0 Å². The van der Waals surface area contributed by atoms with Gasteiger partial charge in [0.25, 0.3) is 0 Å². The standard InChI is InChI=1S/C13H18N2O2/c14-9-13(16)12-3-1-2-11(8-12)10-15-4-6-17-7-5-15/h1-3,8H,4-7,9-10,14H2. The second kappa shape index (κ2) is 5.91. The van der Waals surface area contributed by atoms with Gasteiger partial charge in [0.05, 0.1) is 19.8 Å². The summed E-state index contributed by atoms with van der Waals surface area (Å²) in [5.74, 6) is -0.00572. The van der Waals surface area contributed by atoms with Crippen molar-refractivity contribution >= 4 is 5.78 Å². The highest BCUT2D eigenvalue weighted by Gasteiger charge is 2.11. The van der Waals surface area contributed by atoms with Crippen LogP contribution in [0, 0.1) is 0 Å². The number of ether oxygens (including phenoxy) is 1. The van der Waals surface area contributed by atoms with Gasteiger partial charge in [0.2, 0.25) is 0 Å². The van der Waals surface area contributed by atoms with Gasteiger partial charge in [0.1, 0.15) is 0 Å². The topological polar surface area (TPSA) is 55.6 Å². The molecule has 0 radical (unpaired) electrons. The average molecular weight is 234 g/mol. The molecule has 0 unspecified atom stereocenters. The minimum absolute atomic E-state index is 0.00572. The van der Waals surface area contributed by atoms with E-state index in [0.29, 0.717) is 5.56 Å². The van der Waals surface area contributed by atoms with E-state index in [2.05, 4.69) is 4.90 Å². The summed E-state index contributed by atoms with van der Waals surface area (Å²) in [6.07, 6.45) is 0. The fraction of sp³-hybridized carbons (Fsp3) is 0.462. The van der Waals surface area contributed by atoms with E-state index < -0.39 is 0 Å². The number of ketones is 1. The Bertz CT molecular complexity index is 387. The largest absolute Gasteiger partial charge is 0.379 e. The summed E-state index contributed by atoms with van der Waals surface area (Å²) < 4.78 is 5.30. The van der Waals surface area contributed by atoms with Crippen molar-refractivity contribution in [3.8, 4) is 0 Å². The Labute approximate surface area is 101 Å². The molecule has 0 aliphatic carbocycles. The van der Waals surface area contributed by atoms with Gasteiger partial charge >= 0.3 is 0 Å². The molecule has 1 saturated heterocycles. The zero-order valence-corrected chi connectivity index (χ0v) is 9.89. The molecule has 4 nitrogen and oxygen atoms in total. The number of nitrogens with two attached hydrogens (primary N) is 1. The first-order valence-corrected chi connectivity index (χ1v) is 5.92. The number of carbonyl (C=O) groups excluding carboxylic acids is 1.